The van der Waals surface area contributed by atoms with Crippen LogP contribution in [0.25, 0.3) is 0 Å². The molecule has 0 aromatic heterocycles. The summed E-state index contributed by atoms with van der Waals surface area (Å²) in [6.45, 7) is 6.16. The minimum absolute atomic E-state index is 0.121. The first-order valence-electron chi connectivity index (χ1n) is 5.81. The minimum Gasteiger partial charge on any atom is -0.294 e. The Kier molecular flexibility index (Phi) is 2.90. The Morgan fingerprint density at radius 3 is 2.69 bits per heavy atom. The predicted molar refractivity (Wildman–Crippen MR) is 66.4 cm³/mol. The van der Waals surface area contributed by atoms with Crippen LogP contribution in [0.1, 0.15) is 33.6 Å². The van der Waals surface area contributed by atoms with Crippen molar-refractivity contribution >= 4 is 11.5 Å². The second-order valence-electron chi connectivity index (χ2n) is 4.53. The van der Waals surface area contributed by atoms with Gasteiger partial charge in [0.1, 0.15) is 0 Å². The summed E-state index contributed by atoms with van der Waals surface area (Å²) in [5, 5.41) is 0. The van der Waals surface area contributed by atoms with Gasteiger partial charge in [-0.25, -0.2) is 0 Å². The third-order valence-corrected chi connectivity index (χ3v) is 2.95. The summed E-state index contributed by atoms with van der Waals surface area (Å²) >= 11 is 0. The molecule has 1 aliphatic heterocycles. The summed E-state index contributed by atoms with van der Waals surface area (Å²) in [5.74, 6) is 0.0651. The van der Waals surface area contributed by atoms with Gasteiger partial charge in [0.05, 0.1) is 11.6 Å². The Bertz CT molecular complexity index is 449. The highest BCUT2D eigenvalue weighted by atomic mass is 16.1. The van der Waals surface area contributed by atoms with Crippen molar-refractivity contribution in [3.05, 3.63) is 35.1 Å². The molecule has 1 atom stereocenters. The number of nitrogens with zero attached hydrogens (tertiary/aromatic N) is 1. The summed E-state index contributed by atoms with van der Waals surface area (Å²) in [6, 6.07) is 0. The molecular formula is C14H17NO. The molecule has 0 aromatic rings. The molecular weight excluding hydrogens is 198 g/mol. The predicted octanol–water partition coefficient (Wildman–Crippen LogP) is 3.22. The van der Waals surface area contributed by atoms with Gasteiger partial charge >= 0.3 is 0 Å². The van der Waals surface area contributed by atoms with E-state index in [0.717, 1.165) is 29.8 Å². The summed E-state index contributed by atoms with van der Waals surface area (Å²) in [4.78, 5) is 16.6. The molecule has 0 amide bonds. The second-order valence-corrected chi connectivity index (χ2v) is 4.53. The van der Waals surface area contributed by atoms with Gasteiger partial charge in [0, 0.05) is 11.8 Å². The lowest BCUT2D eigenvalue weighted by Gasteiger charge is -2.24. The molecule has 16 heavy (non-hydrogen) atoms. The van der Waals surface area contributed by atoms with Crippen LogP contribution in [0, 0.1) is 5.92 Å². The van der Waals surface area contributed by atoms with Crippen LogP contribution in [0.4, 0.5) is 0 Å². The Hall–Kier alpha value is -1.44. The zero-order valence-electron chi connectivity index (χ0n) is 10.1. The molecule has 0 radical (unpaired) electrons. The van der Waals surface area contributed by atoms with Crippen molar-refractivity contribution in [2.75, 3.05) is 0 Å². The van der Waals surface area contributed by atoms with Crippen molar-refractivity contribution in [3.8, 4) is 0 Å². The van der Waals surface area contributed by atoms with Gasteiger partial charge < -0.3 is 0 Å². The third-order valence-electron chi connectivity index (χ3n) is 2.95. The van der Waals surface area contributed by atoms with E-state index in [0.29, 0.717) is 0 Å². The van der Waals surface area contributed by atoms with E-state index in [1.54, 1.807) is 6.08 Å². The maximum atomic E-state index is 12.0. The average Bonchev–Trinajstić information content (AvgIpc) is 2.15. The van der Waals surface area contributed by atoms with Crippen molar-refractivity contribution < 1.29 is 4.79 Å². The van der Waals surface area contributed by atoms with Crippen LogP contribution < -0.4 is 0 Å². The SMILES string of the molecule is CCCC1=CC(=O)C2C(C)=CC(C)=CC2=N1. The van der Waals surface area contributed by atoms with Crippen LogP contribution >= 0.6 is 0 Å². The molecule has 1 unspecified atom stereocenters. The van der Waals surface area contributed by atoms with Crippen molar-refractivity contribution in [1.82, 2.24) is 0 Å². The van der Waals surface area contributed by atoms with Crippen molar-refractivity contribution in [3.63, 3.8) is 0 Å². The molecule has 0 saturated carbocycles. The quantitative estimate of drug-likeness (QED) is 0.695. The van der Waals surface area contributed by atoms with Gasteiger partial charge in [0.2, 0.25) is 0 Å². The van der Waals surface area contributed by atoms with E-state index < -0.39 is 0 Å². The van der Waals surface area contributed by atoms with E-state index in [-0.39, 0.29) is 11.7 Å². The summed E-state index contributed by atoms with van der Waals surface area (Å²) in [5.41, 5.74) is 4.14. The fraction of sp³-hybridized carbons (Fsp3) is 0.429. The smallest absolute Gasteiger partial charge is 0.170 e. The van der Waals surface area contributed by atoms with E-state index in [1.807, 2.05) is 19.9 Å². The van der Waals surface area contributed by atoms with E-state index in [2.05, 4.69) is 18.0 Å². The molecule has 0 spiro atoms. The van der Waals surface area contributed by atoms with Gasteiger partial charge in [-0.05, 0) is 31.9 Å². The first-order valence-corrected chi connectivity index (χ1v) is 5.81. The number of carbonyl (C=O) groups is 1. The zero-order valence-corrected chi connectivity index (χ0v) is 10.1. The number of ketones is 1. The largest absolute Gasteiger partial charge is 0.294 e. The summed E-state index contributed by atoms with van der Waals surface area (Å²) < 4.78 is 0. The Labute approximate surface area is 96.5 Å². The van der Waals surface area contributed by atoms with Crippen LogP contribution in [-0.4, -0.2) is 11.5 Å². The van der Waals surface area contributed by atoms with Gasteiger partial charge in [0.15, 0.2) is 5.78 Å². The fourth-order valence-corrected chi connectivity index (χ4v) is 2.33. The first kappa shape index (κ1) is 11.1. The molecule has 2 aliphatic rings. The minimum atomic E-state index is -0.121. The maximum absolute atomic E-state index is 12.0. The Morgan fingerprint density at radius 2 is 2.00 bits per heavy atom. The lowest BCUT2D eigenvalue weighted by molar-refractivity contribution is -0.115. The van der Waals surface area contributed by atoms with Crippen LogP contribution in [0.3, 0.4) is 0 Å². The topological polar surface area (TPSA) is 29.4 Å². The van der Waals surface area contributed by atoms with Crippen LogP contribution in [0.5, 0.6) is 0 Å². The number of carbonyl (C=O) groups excluding carboxylic acids is 1. The summed E-state index contributed by atoms with van der Waals surface area (Å²) in [6.07, 6.45) is 7.72. The van der Waals surface area contributed by atoms with Gasteiger partial charge in [-0.2, -0.15) is 0 Å². The van der Waals surface area contributed by atoms with Crippen LogP contribution in [0.15, 0.2) is 40.1 Å². The maximum Gasteiger partial charge on any atom is 0.170 e. The number of hydrogen-bond donors (Lipinski definition) is 0. The standard InChI is InChI=1S/C14H17NO/c1-4-5-11-8-13(16)14-10(3)6-9(2)7-12(14)15-11/h6-8,14H,4-5H2,1-3H3. The van der Waals surface area contributed by atoms with Crippen molar-refractivity contribution in [2.45, 2.75) is 33.6 Å². The number of allylic oxidation sites excluding steroid dienone is 6. The van der Waals surface area contributed by atoms with Crippen molar-refractivity contribution in [2.24, 2.45) is 10.9 Å². The molecule has 2 heteroatoms. The zero-order chi connectivity index (χ0) is 11.7. The summed E-state index contributed by atoms with van der Waals surface area (Å²) in [7, 11) is 0. The van der Waals surface area contributed by atoms with E-state index in [1.165, 1.54) is 5.57 Å². The fourth-order valence-electron chi connectivity index (χ4n) is 2.33. The van der Waals surface area contributed by atoms with Crippen LogP contribution in [-0.2, 0) is 4.79 Å². The van der Waals surface area contributed by atoms with E-state index in [4.69, 9.17) is 0 Å². The van der Waals surface area contributed by atoms with E-state index >= 15 is 0 Å². The third kappa shape index (κ3) is 1.92. The van der Waals surface area contributed by atoms with E-state index in [9.17, 15) is 4.79 Å². The Morgan fingerprint density at radius 1 is 1.25 bits per heavy atom. The number of fused-ring (bicyclic) bond motifs is 1. The molecule has 1 heterocycles. The van der Waals surface area contributed by atoms with Gasteiger partial charge in [-0.1, -0.05) is 25.0 Å². The normalized spacial score (nSPS) is 24.2. The number of aliphatic imine (C=N–C) groups is 1. The van der Waals surface area contributed by atoms with Gasteiger partial charge in [-0.3, -0.25) is 9.79 Å². The first-order chi connectivity index (χ1) is 7.61. The lowest BCUT2D eigenvalue weighted by Crippen LogP contribution is -2.28. The highest BCUT2D eigenvalue weighted by molar-refractivity contribution is 6.19. The molecule has 0 aromatic carbocycles. The monoisotopic (exact) mass is 215 g/mol. The van der Waals surface area contributed by atoms with Gasteiger partial charge in [0.25, 0.3) is 0 Å². The highest BCUT2D eigenvalue weighted by Gasteiger charge is 2.29. The second kappa shape index (κ2) is 4.20. The highest BCUT2D eigenvalue weighted by Crippen LogP contribution is 2.28. The molecule has 0 N–H and O–H groups in total. The average molecular weight is 215 g/mol. The molecule has 0 fully saturated rings. The molecule has 0 bridgehead atoms. The molecule has 1 aliphatic carbocycles. The van der Waals surface area contributed by atoms with Crippen LogP contribution in [0.2, 0.25) is 0 Å². The molecule has 2 rings (SSSR count). The molecule has 2 nitrogen and oxygen atoms in total. The number of rotatable bonds is 2. The van der Waals surface area contributed by atoms with Gasteiger partial charge in [-0.15, -0.1) is 0 Å². The molecule has 0 saturated heterocycles. The Balaban J connectivity index is 2.38. The van der Waals surface area contributed by atoms with Crippen molar-refractivity contribution in [1.29, 1.82) is 0 Å². The number of hydrogen-bond acceptors (Lipinski definition) is 2. The lowest BCUT2D eigenvalue weighted by atomic mass is 9.83. The molecule has 84 valence electrons.